The van der Waals surface area contributed by atoms with Crippen LogP contribution in [0.5, 0.6) is 0 Å². The molecule has 1 aromatic rings. The monoisotopic (exact) mass is 245 g/mol. The van der Waals surface area contributed by atoms with Gasteiger partial charge in [0.15, 0.2) is 0 Å². The molecule has 14 heavy (non-hydrogen) atoms. The SMILES string of the molecule is CC(C#N)=C(Cl)c1ccc(Cl)c(Cl)c1. The summed E-state index contributed by atoms with van der Waals surface area (Å²) in [7, 11) is 0. The number of hydrogen-bond donors (Lipinski definition) is 0. The summed E-state index contributed by atoms with van der Waals surface area (Å²) in [6.45, 7) is 1.64. The van der Waals surface area contributed by atoms with E-state index in [0.717, 1.165) is 0 Å². The fourth-order valence-electron chi connectivity index (χ4n) is 0.898. The molecule has 0 unspecified atom stereocenters. The Labute approximate surface area is 97.5 Å². The van der Waals surface area contributed by atoms with Crippen LogP contribution in [-0.2, 0) is 0 Å². The van der Waals surface area contributed by atoms with E-state index in [0.29, 0.717) is 26.2 Å². The molecule has 1 aromatic carbocycles. The van der Waals surface area contributed by atoms with Gasteiger partial charge >= 0.3 is 0 Å². The summed E-state index contributed by atoms with van der Waals surface area (Å²) in [5, 5.41) is 9.92. The van der Waals surface area contributed by atoms with E-state index in [9.17, 15) is 0 Å². The summed E-state index contributed by atoms with van der Waals surface area (Å²) in [4.78, 5) is 0. The Morgan fingerprint density at radius 1 is 1.29 bits per heavy atom. The zero-order valence-corrected chi connectivity index (χ0v) is 9.58. The van der Waals surface area contributed by atoms with Gasteiger partial charge in [0.1, 0.15) is 0 Å². The van der Waals surface area contributed by atoms with Gasteiger partial charge in [-0.2, -0.15) is 5.26 Å². The van der Waals surface area contributed by atoms with Gasteiger partial charge in [-0.1, -0.05) is 40.9 Å². The minimum Gasteiger partial charge on any atom is -0.193 e. The van der Waals surface area contributed by atoms with Crippen molar-refractivity contribution in [2.24, 2.45) is 0 Å². The van der Waals surface area contributed by atoms with Crippen LogP contribution in [0.15, 0.2) is 23.8 Å². The lowest BCUT2D eigenvalue weighted by atomic mass is 10.1. The normalized spacial score (nSPS) is 11.9. The topological polar surface area (TPSA) is 23.8 Å². The Bertz CT molecular complexity index is 429. The second-order valence-corrected chi connectivity index (χ2v) is 3.87. The van der Waals surface area contributed by atoms with Crippen molar-refractivity contribution in [3.8, 4) is 6.07 Å². The molecular weight excluding hydrogens is 240 g/mol. The van der Waals surface area contributed by atoms with Gasteiger partial charge in [-0.25, -0.2) is 0 Å². The molecule has 0 saturated carbocycles. The number of nitrogens with zero attached hydrogens (tertiary/aromatic N) is 1. The van der Waals surface area contributed by atoms with Crippen LogP contribution in [0.3, 0.4) is 0 Å². The summed E-state index contributed by atoms with van der Waals surface area (Å²) >= 11 is 17.5. The van der Waals surface area contributed by atoms with Gasteiger partial charge in [-0.05, 0) is 24.6 Å². The van der Waals surface area contributed by atoms with Crippen LogP contribution >= 0.6 is 34.8 Å². The summed E-state index contributed by atoms with van der Waals surface area (Å²) in [6.07, 6.45) is 0. The Kier molecular flexibility index (Phi) is 3.83. The molecule has 0 aliphatic rings. The minimum atomic E-state index is 0.395. The van der Waals surface area contributed by atoms with Crippen molar-refractivity contribution in [2.75, 3.05) is 0 Å². The first kappa shape index (κ1) is 11.4. The highest BCUT2D eigenvalue weighted by Gasteiger charge is 2.05. The summed E-state index contributed by atoms with van der Waals surface area (Å²) < 4.78 is 0. The molecule has 0 aromatic heterocycles. The average Bonchev–Trinajstić information content (AvgIpc) is 2.20. The van der Waals surface area contributed by atoms with Gasteiger partial charge in [0.2, 0.25) is 0 Å². The molecule has 0 radical (unpaired) electrons. The highest BCUT2D eigenvalue weighted by atomic mass is 35.5. The summed E-state index contributed by atoms with van der Waals surface area (Å²) in [5.74, 6) is 0. The Morgan fingerprint density at radius 3 is 2.43 bits per heavy atom. The first-order valence-corrected chi connectivity index (χ1v) is 4.91. The molecule has 0 atom stereocenters. The van der Waals surface area contributed by atoms with Crippen LogP contribution in [0.2, 0.25) is 10.0 Å². The zero-order chi connectivity index (χ0) is 10.7. The number of nitriles is 1. The number of halogens is 3. The van der Waals surface area contributed by atoms with Gasteiger partial charge in [0, 0.05) is 5.57 Å². The van der Waals surface area contributed by atoms with Crippen molar-refractivity contribution in [1.29, 1.82) is 5.26 Å². The summed E-state index contributed by atoms with van der Waals surface area (Å²) in [5.41, 5.74) is 1.14. The van der Waals surface area contributed by atoms with E-state index in [1.54, 1.807) is 25.1 Å². The van der Waals surface area contributed by atoms with E-state index in [4.69, 9.17) is 40.1 Å². The van der Waals surface area contributed by atoms with Crippen molar-refractivity contribution in [1.82, 2.24) is 0 Å². The standard InChI is InChI=1S/C10H6Cl3N/c1-6(5-14)10(13)7-2-3-8(11)9(12)4-7/h2-4H,1H3. The first-order chi connectivity index (χ1) is 6.56. The Balaban J connectivity index is 3.24. The zero-order valence-electron chi connectivity index (χ0n) is 7.31. The van der Waals surface area contributed by atoms with Crippen molar-refractivity contribution in [3.05, 3.63) is 39.4 Å². The van der Waals surface area contributed by atoms with Gasteiger partial charge in [0.05, 0.1) is 21.1 Å². The fraction of sp³-hybridized carbons (Fsp3) is 0.100. The van der Waals surface area contributed by atoms with E-state index in [-0.39, 0.29) is 0 Å². The second-order valence-electron chi connectivity index (χ2n) is 2.68. The quantitative estimate of drug-likeness (QED) is 0.670. The third kappa shape index (κ3) is 2.42. The van der Waals surface area contributed by atoms with E-state index >= 15 is 0 Å². The summed E-state index contributed by atoms with van der Waals surface area (Å²) in [6, 6.07) is 6.97. The molecule has 1 nitrogen and oxygen atoms in total. The maximum atomic E-state index is 8.64. The largest absolute Gasteiger partial charge is 0.193 e. The highest BCUT2D eigenvalue weighted by Crippen LogP contribution is 2.29. The third-order valence-electron chi connectivity index (χ3n) is 1.67. The smallest absolute Gasteiger partial charge is 0.0959 e. The predicted octanol–water partition coefficient (Wildman–Crippen LogP) is 4.49. The molecule has 0 aliphatic heterocycles. The predicted molar refractivity (Wildman–Crippen MR) is 60.5 cm³/mol. The van der Waals surface area contributed by atoms with Crippen LogP contribution in [0.1, 0.15) is 12.5 Å². The molecule has 1 rings (SSSR count). The van der Waals surface area contributed by atoms with Crippen molar-refractivity contribution in [3.63, 3.8) is 0 Å². The van der Waals surface area contributed by atoms with E-state index in [1.807, 2.05) is 6.07 Å². The molecule has 0 amide bonds. The lowest BCUT2D eigenvalue weighted by molar-refractivity contribution is 1.45. The molecule has 4 heteroatoms. The number of hydrogen-bond acceptors (Lipinski definition) is 1. The third-order valence-corrected chi connectivity index (χ3v) is 2.91. The molecule has 0 aliphatic carbocycles. The Hall–Kier alpha value is -0.680. The fourth-order valence-corrected chi connectivity index (χ4v) is 1.36. The highest BCUT2D eigenvalue weighted by molar-refractivity contribution is 6.50. The van der Waals surface area contributed by atoms with E-state index in [2.05, 4.69) is 0 Å². The van der Waals surface area contributed by atoms with Gasteiger partial charge in [-0.15, -0.1) is 0 Å². The maximum Gasteiger partial charge on any atom is 0.0959 e. The van der Waals surface area contributed by atoms with Crippen LogP contribution < -0.4 is 0 Å². The number of benzene rings is 1. The lowest BCUT2D eigenvalue weighted by Gasteiger charge is -2.02. The van der Waals surface area contributed by atoms with E-state index < -0.39 is 0 Å². The lowest BCUT2D eigenvalue weighted by Crippen LogP contribution is -1.81. The van der Waals surface area contributed by atoms with Crippen LogP contribution in [0, 0.1) is 11.3 Å². The first-order valence-electron chi connectivity index (χ1n) is 3.78. The molecule has 72 valence electrons. The molecule has 0 bridgehead atoms. The number of allylic oxidation sites excluding steroid dienone is 1. The minimum absolute atomic E-state index is 0.395. The molecule has 0 spiro atoms. The maximum absolute atomic E-state index is 8.64. The van der Waals surface area contributed by atoms with Crippen LogP contribution in [0.4, 0.5) is 0 Å². The van der Waals surface area contributed by atoms with Gasteiger partial charge in [-0.3, -0.25) is 0 Å². The van der Waals surface area contributed by atoms with Gasteiger partial charge < -0.3 is 0 Å². The van der Waals surface area contributed by atoms with Crippen LogP contribution in [-0.4, -0.2) is 0 Å². The van der Waals surface area contributed by atoms with Crippen molar-refractivity contribution in [2.45, 2.75) is 6.92 Å². The molecular formula is C10H6Cl3N. The van der Waals surface area contributed by atoms with Gasteiger partial charge in [0.25, 0.3) is 0 Å². The molecule has 0 fully saturated rings. The molecule has 0 saturated heterocycles. The van der Waals surface area contributed by atoms with E-state index in [1.165, 1.54) is 0 Å². The van der Waals surface area contributed by atoms with Crippen molar-refractivity contribution >= 4 is 39.8 Å². The number of rotatable bonds is 1. The second kappa shape index (κ2) is 4.70. The average molecular weight is 247 g/mol. The van der Waals surface area contributed by atoms with Crippen molar-refractivity contribution < 1.29 is 0 Å². The Morgan fingerprint density at radius 2 is 1.93 bits per heavy atom. The van der Waals surface area contributed by atoms with Crippen LogP contribution in [0.25, 0.3) is 5.03 Å². The molecule has 0 N–H and O–H groups in total. The molecule has 0 heterocycles.